The Bertz CT molecular complexity index is 686. The standard InChI is InChI=1S/C13H4Cl5F3/c14-8-7(9(15)11(17)12(18)10(8)16)5-3-4(13(20)21)1-2-6(5)19/h1-3,13H. The Morgan fingerprint density at radius 3 is 1.71 bits per heavy atom. The van der Waals surface area contributed by atoms with Gasteiger partial charge in [0.05, 0.1) is 25.1 Å². The van der Waals surface area contributed by atoms with E-state index >= 15 is 0 Å². The summed E-state index contributed by atoms with van der Waals surface area (Å²) in [5.74, 6) is -0.794. The van der Waals surface area contributed by atoms with Crippen molar-refractivity contribution < 1.29 is 13.2 Å². The lowest BCUT2D eigenvalue weighted by Gasteiger charge is -2.14. The van der Waals surface area contributed by atoms with E-state index in [-0.39, 0.29) is 41.8 Å². The third-order valence-corrected chi connectivity index (χ3v) is 5.00. The third kappa shape index (κ3) is 3.08. The van der Waals surface area contributed by atoms with Crippen molar-refractivity contribution in [3.63, 3.8) is 0 Å². The molecule has 0 atom stereocenters. The molecule has 0 aliphatic rings. The smallest absolute Gasteiger partial charge is 0.206 e. The maximum Gasteiger partial charge on any atom is 0.263 e. The second-order valence-corrected chi connectivity index (χ2v) is 5.87. The van der Waals surface area contributed by atoms with Crippen LogP contribution >= 0.6 is 58.0 Å². The van der Waals surface area contributed by atoms with Crippen LogP contribution in [-0.2, 0) is 0 Å². The molecule has 0 saturated heterocycles. The summed E-state index contributed by atoms with van der Waals surface area (Å²) in [5.41, 5.74) is -0.707. The van der Waals surface area contributed by atoms with Gasteiger partial charge < -0.3 is 0 Å². The number of rotatable bonds is 2. The molecule has 0 radical (unpaired) electrons. The highest BCUT2D eigenvalue weighted by atomic mass is 35.5. The zero-order chi connectivity index (χ0) is 15.9. The largest absolute Gasteiger partial charge is 0.263 e. The van der Waals surface area contributed by atoms with E-state index < -0.39 is 12.2 Å². The average molecular weight is 394 g/mol. The van der Waals surface area contributed by atoms with Gasteiger partial charge in [-0.2, -0.15) is 0 Å². The highest BCUT2D eigenvalue weighted by Gasteiger charge is 2.23. The van der Waals surface area contributed by atoms with Gasteiger partial charge in [0.15, 0.2) is 0 Å². The zero-order valence-electron chi connectivity index (χ0n) is 9.83. The lowest BCUT2D eigenvalue weighted by atomic mass is 10.0. The molecule has 0 saturated carbocycles. The van der Waals surface area contributed by atoms with Crippen LogP contribution in [0.5, 0.6) is 0 Å². The van der Waals surface area contributed by atoms with Gasteiger partial charge in [-0.05, 0) is 12.1 Å². The van der Waals surface area contributed by atoms with E-state index in [1.165, 1.54) is 0 Å². The summed E-state index contributed by atoms with van der Waals surface area (Å²) < 4.78 is 39.5. The maximum atomic E-state index is 14.0. The molecule has 112 valence electrons. The topological polar surface area (TPSA) is 0 Å². The fraction of sp³-hybridized carbons (Fsp3) is 0.0769. The first-order valence-electron chi connectivity index (χ1n) is 5.35. The normalized spacial score (nSPS) is 11.3. The van der Waals surface area contributed by atoms with Crippen molar-refractivity contribution in [2.24, 2.45) is 0 Å². The summed E-state index contributed by atoms with van der Waals surface area (Å²) in [6.45, 7) is 0. The van der Waals surface area contributed by atoms with Crippen molar-refractivity contribution >= 4 is 58.0 Å². The predicted octanol–water partition coefficient (Wildman–Crippen LogP) is 7.70. The quantitative estimate of drug-likeness (QED) is 0.362. The lowest BCUT2D eigenvalue weighted by Crippen LogP contribution is -1.93. The molecule has 0 bridgehead atoms. The van der Waals surface area contributed by atoms with Gasteiger partial charge in [0.25, 0.3) is 6.43 Å². The van der Waals surface area contributed by atoms with E-state index in [1.54, 1.807) is 0 Å². The molecule has 0 fully saturated rings. The summed E-state index contributed by atoms with van der Waals surface area (Å²) in [7, 11) is 0. The van der Waals surface area contributed by atoms with Crippen LogP contribution in [0.2, 0.25) is 25.1 Å². The molecule has 2 aromatic carbocycles. The first-order chi connectivity index (χ1) is 9.75. The van der Waals surface area contributed by atoms with E-state index in [2.05, 4.69) is 0 Å². The molecule has 0 aromatic heterocycles. The Balaban J connectivity index is 2.82. The minimum absolute atomic E-state index is 0.0854. The Morgan fingerprint density at radius 2 is 1.24 bits per heavy atom. The maximum absolute atomic E-state index is 14.0. The molecule has 0 amide bonds. The van der Waals surface area contributed by atoms with Crippen LogP contribution in [0.3, 0.4) is 0 Å². The monoisotopic (exact) mass is 392 g/mol. The summed E-state index contributed by atoms with van der Waals surface area (Å²) in [6.07, 6.45) is -2.78. The van der Waals surface area contributed by atoms with Gasteiger partial charge in [-0.3, -0.25) is 0 Å². The Morgan fingerprint density at radius 1 is 0.762 bits per heavy atom. The molecule has 0 spiro atoms. The van der Waals surface area contributed by atoms with Gasteiger partial charge in [0.2, 0.25) is 0 Å². The van der Waals surface area contributed by atoms with E-state index in [1.807, 2.05) is 0 Å². The molecule has 8 heteroatoms. The SMILES string of the molecule is Fc1ccc(C(F)F)cc1-c1c(Cl)c(Cl)c(Cl)c(Cl)c1Cl. The van der Waals surface area contributed by atoms with Crippen LogP contribution in [0.15, 0.2) is 18.2 Å². The second kappa shape index (κ2) is 6.43. The summed E-state index contributed by atoms with van der Waals surface area (Å²) in [5, 5.41) is -0.695. The van der Waals surface area contributed by atoms with Crippen LogP contribution in [0, 0.1) is 5.82 Å². The van der Waals surface area contributed by atoms with Crippen LogP contribution < -0.4 is 0 Å². The number of alkyl halides is 2. The van der Waals surface area contributed by atoms with E-state index in [0.29, 0.717) is 0 Å². The van der Waals surface area contributed by atoms with Crippen LogP contribution in [-0.4, -0.2) is 0 Å². The number of hydrogen-bond donors (Lipinski definition) is 0. The van der Waals surface area contributed by atoms with E-state index in [9.17, 15) is 13.2 Å². The van der Waals surface area contributed by atoms with Gasteiger partial charge >= 0.3 is 0 Å². The molecular weight excluding hydrogens is 390 g/mol. The minimum Gasteiger partial charge on any atom is -0.206 e. The van der Waals surface area contributed by atoms with E-state index in [0.717, 1.165) is 18.2 Å². The highest BCUT2D eigenvalue weighted by molar-refractivity contribution is 6.56. The molecule has 0 N–H and O–H groups in total. The van der Waals surface area contributed by atoms with Gasteiger partial charge in [-0.15, -0.1) is 0 Å². The molecule has 0 aliphatic heterocycles. The number of hydrogen-bond acceptors (Lipinski definition) is 0. The summed E-state index contributed by atoms with van der Waals surface area (Å²) in [6, 6.07) is 2.79. The molecule has 0 unspecified atom stereocenters. The Kier molecular flexibility index (Phi) is 5.22. The summed E-state index contributed by atoms with van der Waals surface area (Å²) in [4.78, 5) is 0. The lowest BCUT2D eigenvalue weighted by molar-refractivity contribution is 0.151. The number of halogens is 8. The average Bonchev–Trinajstić information content (AvgIpc) is 2.45. The van der Waals surface area contributed by atoms with Gasteiger partial charge in [0.1, 0.15) is 5.82 Å². The molecule has 21 heavy (non-hydrogen) atoms. The molecule has 2 rings (SSSR count). The van der Waals surface area contributed by atoms with Crippen molar-refractivity contribution in [3.05, 3.63) is 54.7 Å². The summed E-state index contributed by atoms with van der Waals surface area (Å²) >= 11 is 29.6. The first kappa shape index (κ1) is 17.0. The van der Waals surface area contributed by atoms with Crippen LogP contribution in [0.25, 0.3) is 11.1 Å². The van der Waals surface area contributed by atoms with Crippen molar-refractivity contribution in [1.29, 1.82) is 0 Å². The first-order valence-corrected chi connectivity index (χ1v) is 7.24. The minimum atomic E-state index is -2.78. The zero-order valence-corrected chi connectivity index (χ0v) is 13.6. The fourth-order valence-corrected chi connectivity index (χ4v) is 3.05. The van der Waals surface area contributed by atoms with Crippen molar-refractivity contribution in [3.8, 4) is 11.1 Å². The highest BCUT2D eigenvalue weighted by Crippen LogP contribution is 2.49. The Labute approximate surface area is 143 Å². The van der Waals surface area contributed by atoms with Gasteiger partial charge in [-0.1, -0.05) is 64.1 Å². The number of benzene rings is 2. The van der Waals surface area contributed by atoms with Gasteiger partial charge in [-0.25, -0.2) is 13.2 Å². The Hall–Kier alpha value is -0.320. The fourth-order valence-electron chi connectivity index (χ4n) is 1.71. The van der Waals surface area contributed by atoms with Crippen molar-refractivity contribution in [2.45, 2.75) is 6.43 Å². The molecule has 0 aliphatic carbocycles. The van der Waals surface area contributed by atoms with Crippen LogP contribution in [0.1, 0.15) is 12.0 Å². The molecule has 2 aromatic rings. The van der Waals surface area contributed by atoms with Crippen molar-refractivity contribution in [1.82, 2.24) is 0 Å². The molecular formula is C13H4Cl5F3. The third-order valence-electron chi connectivity index (χ3n) is 2.72. The second-order valence-electron chi connectivity index (χ2n) is 3.98. The van der Waals surface area contributed by atoms with E-state index in [4.69, 9.17) is 58.0 Å². The van der Waals surface area contributed by atoms with Crippen LogP contribution in [0.4, 0.5) is 13.2 Å². The molecule has 0 nitrogen and oxygen atoms in total. The predicted molar refractivity (Wildman–Crippen MR) is 81.8 cm³/mol. The van der Waals surface area contributed by atoms with Gasteiger partial charge in [0, 0.05) is 16.7 Å². The molecule has 0 heterocycles. The van der Waals surface area contributed by atoms with Crippen molar-refractivity contribution in [2.75, 3.05) is 0 Å².